The van der Waals surface area contributed by atoms with Crippen molar-refractivity contribution in [1.82, 2.24) is 5.32 Å². The molecule has 1 nitrogen and oxygen atoms in total. The maximum atomic E-state index is 3.72. The van der Waals surface area contributed by atoms with E-state index in [1.807, 2.05) is 0 Å². The van der Waals surface area contributed by atoms with E-state index in [-0.39, 0.29) is 0 Å². The van der Waals surface area contributed by atoms with Gasteiger partial charge in [-0.2, -0.15) is 0 Å². The molecule has 1 unspecified atom stereocenters. The summed E-state index contributed by atoms with van der Waals surface area (Å²) in [6.07, 6.45) is 7.09. The van der Waals surface area contributed by atoms with Gasteiger partial charge in [-0.25, -0.2) is 0 Å². The van der Waals surface area contributed by atoms with Crippen LogP contribution in [0.2, 0.25) is 0 Å². The van der Waals surface area contributed by atoms with Gasteiger partial charge in [0.15, 0.2) is 0 Å². The summed E-state index contributed by atoms with van der Waals surface area (Å²) < 4.78 is 0. The molecule has 0 heterocycles. The Kier molecular flexibility index (Phi) is 3.19. The molecule has 2 fully saturated rings. The zero-order valence-corrected chi connectivity index (χ0v) is 10.8. The summed E-state index contributed by atoms with van der Waals surface area (Å²) in [5, 5.41) is 3.72. The predicted octanol–water partition coefficient (Wildman–Crippen LogP) is 3.84. The van der Waals surface area contributed by atoms with Crippen molar-refractivity contribution in [3.63, 3.8) is 0 Å². The summed E-state index contributed by atoms with van der Waals surface area (Å²) in [6, 6.07) is 9.68. The highest BCUT2D eigenvalue weighted by atomic mass is 14.9. The second-order valence-corrected chi connectivity index (χ2v) is 5.83. The molecule has 17 heavy (non-hydrogen) atoms. The largest absolute Gasteiger partial charge is 0.310 e. The van der Waals surface area contributed by atoms with Crippen molar-refractivity contribution in [3.05, 3.63) is 35.4 Å². The summed E-state index contributed by atoms with van der Waals surface area (Å²) in [5.74, 6) is 1.80. The molecule has 92 valence electrons. The zero-order chi connectivity index (χ0) is 11.7. The van der Waals surface area contributed by atoms with Gasteiger partial charge in [0.25, 0.3) is 0 Å². The molecule has 0 amide bonds. The first-order chi connectivity index (χ1) is 8.34. The molecule has 0 aromatic heterocycles. The molecular formula is C16H23N. The van der Waals surface area contributed by atoms with Crippen LogP contribution in [0.15, 0.2) is 24.3 Å². The first kappa shape index (κ1) is 11.3. The SMILES string of the molecule is CC(NCc1ccccc1C1CC1)C1CCC1. The van der Waals surface area contributed by atoms with Crippen LogP contribution in [0.1, 0.15) is 56.1 Å². The van der Waals surface area contributed by atoms with Crippen molar-refractivity contribution in [3.8, 4) is 0 Å². The smallest absolute Gasteiger partial charge is 0.0210 e. The van der Waals surface area contributed by atoms with Crippen molar-refractivity contribution in [1.29, 1.82) is 0 Å². The zero-order valence-electron chi connectivity index (χ0n) is 10.8. The third-order valence-electron chi connectivity index (χ3n) is 4.54. The standard InChI is InChI=1S/C16H23N/c1-12(13-6-4-7-13)17-11-15-5-2-3-8-16(15)14-9-10-14/h2-3,5,8,12-14,17H,4,6-7,9-11H2,1H3. The Labute approximate surface area is 105 Å². The Bertz CT molecular complexity index is 377. The number of hydrogen-bond donors (Lipinski definition) is 1. The molecule has 1 atom stereocenters. The minimum atomic E-state index is 0.691. The molecule has 1 aromatic rings. The van der Waals surface area contributed by atoms with Gasteiger partial charge in [-0.1, -0.05) is 30.7 Å². The molecule has 0 spiro atoms. The maximum absolute atomic E-state index is 3.72. The van der Waals surface area contributed by atoms with Gasteiger partial charge in [0.2, 0.25) is 0 Å². The van der Waals surface area contributed by atoms with Crippen LogP contribution in [0.25, 0.3) is 0 Å². The van der Waals surface area contributed by atoms with Crippen molar-refractivity contribution >= 4 is 0 Å². The Balaban J connectivity index is 1.60. The fourth-order valence-electron chi connectivity index (χ4n) is 2.87. The molecule has 2 saturated carbocycles. The Morgan fingerprint density at radius 1 is 1.18 bits per heavy atom. The highest BCUT2D eigenvalue weighted by Crippen LogP contribution is 2.41. The lowest BCUT2D eigenvalue weighted by Gasteiger charge is -2.32. The fourth-order valence-corrected chi connectivity index (χ4v) is 2.87. The van der Waals surface area contributed by atoms with E-state index in [0.717, 1.165) is 18.4 Å². The normalized spacial score (nSPS) is 22.2. The fraction of sp³-hybridized carbons (Fsp3) is 0.625. The lowest BCUT2D eigenvalue weighted by Crippen LogP contribution is -2.36. The summed E-state index contributed by atoms with van der Waals surface area (Å²) in [5.41, 5.74) is 3.13. The lowest BCUT2D eigenvalue weighted by molar-refractivity contribution is 0.240. The van der Waals surface area contributed by atoms with E-state index < -0.39 is 0 Å². The van der Waals surface area contributed by atoms with Crippen LogP contribution in [-0.2, 0) is 6.54 Å². The van der Waals surface area contributed by atoms with E-state index in [0.29, 0.717) is 6.04 Å². The van der Waals surface area contributed by atoms with Gasteiger partial charge in [-0.15, -0.1) is 0 Å². The van der Waals surface area contributed by atoms with E-state index in [1.54, 1.807) is 5.56 Å². The Morgan fingerprint density at radius 3 is 2.59 bits per heavy atom. The third-order valence-corrected chi connectivity index (χ3v) is 4.54. The number of rotatable bonds is 5. The number of hydrogen-bond acceptors (Lipinski definition) is 1. The van der Waals surface area contributed by atoms with Crippen LogP contribution in [-0.4, -0.2) is 6.04 Å². The van der Waals surface area contributed by atoms with Crippen molar-refractivity contribution in [2.45, 2.75) is 57.5 Å². The maximum Gasteiger partial charge on any atom is 0.0210 e. The summed E-state index contributed by atoms with van der Waals surface area (Å²) in [4.78, 5) is 0. The molecule has 0 radical (unpaired) electrons. The van der Waals surface area contributed by atoms with Crippen LogP contribution in [0, 0.1) is 5.92 Å². The monoisotopic (exact) mass is 229 g/mol. The highest BCUT2D eigenvalue weighted by molar-refractivity contribution is 5.33. The van der Waals surface area contributed by atoms with Crippen molar-refractivity contribution in [2.24, 2.45) is 5.92 Å². The average Bonchev–Trinajstić information content (AvgIpc) is 3.08. The van der Waals surface area contributed by atoms with Crippen molar-refractivity contribution in [2.75, 3.05) is 0 Å². The molecule has 0 saturated heterocycles. The van der Waals surface area contributed by atoms with Gasteiger partial charge in [-0.05, 0) is 55.6 Å². The molecule has 2 aliphatic rings. The molecule has 0 aliphatic heterocycles. The molecule has 3 rings (SSSR count). The number of nitrogens with one attached hydrogen (secondary N) is 1. The van der Waals surface area contributed by atoms with Gasteiger partial charge < -0.3 is 5.32 Å². The minimum absolute atomic E-state index is 0.691. The van der Waals surface area contributed by atoms with Crippen LogP contribution in [0.3, 0.4) is 0 Å². The minimum Gasteiger partial charge on any atom is -0.310 e. The lowest BCUT2D eigenvalue weighted by atomic mass is 9.80. The molecule has 0 bridgehead atoms. The first-order valence-corrected chi connectivity index (χ1v) is 7.16. The van der Waals surface area contributed by atoms with E-state index in [9.17, 15) is 0 Å². The molecule has 2 aliphatic carbocycles. The van der Waals surface area contributed by atoms with Gasteiger partial charge in [0, 0.05) is 12.6 Å². The summed E-state index contributed by atoms with van der Waals surface area (Å²) in [6.45, 7) is 3.41. The summed E-state index contributed by atoms with van der Waals surface area (Å²) >= 11 is 0. The van der Waals surface area contributed by atoms with E-state index in [2.05, 4.69) is 36.5 Å². The van der Waals surface area contributed by atoms with Gasteiger partial charge in [-0.3, -0.25) is 0 Å². The summed E-state index contributed by atoms with van der Waals surface area (Å²) in [7, 11) is 0. The Morgan fingerprint density at radius 2 is 1.94 bits per heavy atom. The van der Waals surface area contributed by atoms with Gasteiger partial charge >= 0.3 is 0 Å². The van der Waals surface area contributed by atoms with Crippen LogP contribution in [0.5, 0.6) is 0 Å². The van der Waals surface area contributed by atoms with Gasteiger partial charge in [0.05, 0.1) is 0 Å². The highest BCUT2D eigenvalue weighted by Gasteiger charge is 2.26. The quantitative estimate of drug-likeness (QED) is 0.809. The second kappa shape index (κ2) is 4.81. The molecule has 1 aromatic carbocycles. The Hall–Kier alpha value is -0.820. The first-order valence-electron chi connectivity index (χ1n) is 7.16. The number of benzene rings is 1. The second-order valence-electron chi connectivity index (χ2n) is 5.83. The van der Waals surface area contributed by atoms with E-state index >= 15 is 0 Å². The van der Waals surface area contributed by atoms with E-state index in [1.165, 1.54) is 37.7 Å². The predicted molar refractivity (Wildman–Crippen MR) is 72.1 cm³/mol. The molecular weight excluding hydrogens is 206 g/mol. The van der Waals surface area contributed by atoms with E-state index in [4.69, 9.17) is 0 Å². The molecule has 1 heteroatoms. The van der Waals surface area contributed by atoms with Crippen LogP contribution in [0.4, 0.5) is 0 Å². The van der Waals surface area contributed by atoms with Crippen molar-refractivity contribution < 1.29 is 0 Å². The third kappa shape index (κ3) is 2.55. The van der Waals surface area contributed by atoms with Crippen LogP contribution >= 0.6 is 0 Å². The van der Waals surface area contributed by atoms with Crippen LogP contribution < -0.4 is 5.32 Å². The molecule has 1 N–H and O–H groups in total. The average molecular weight is 229 g/mol. The van der Waals surface area contributed by atoms with Gasteiger partial charge in [0.1, 0.15) is 0 Å². The topological polar surface area (TPSA) is 12.0 Å².